The Bertz CT molecular complexity index is 805. The van der Waals surface area contributed by atoms with Gasteiger partial charge in [-0.15, -0.1) is 0 Å². The summed E-state index contributed by atoms with van der Waals surface area (Å²) in [4.78, 5) is 40.9. The number of aryl methyl sites for hydroxylation is 1. The van der Waals surface area contributed by atoms with E-state index in [-0.39, 0.29) is 18.4 Å². The fraction of sp³-hybridized carbons (Fsp3) is 0.550. The summed E-state index contributed by atoms with van der Waals surface area (Å²) in [5.74, 6) is -0.540. The van der Waals surface area contributed by atoms with Crippen LogP contribution in [0.3, 0.4) is 0 Å². The number of hydrogen-bond acceptors (Lipinski definition) is 5. The van der Waals surface area contributed by atoms with Gasteiger partial charge in [0.15, 0.2) is 0 Å². The minimum atomic E-state index is -0.557. The second-order valence-corrected chi connectivity index (χ2v) is 7.85. The van der Waals surface area contributed by atoms with Crippen molar-refractivity contribution in [1.82, 2.24) is 15.3 Å². The second kappa shape index (κ2) is 7.52. The largest absolute Gasteiger partial charge is 0.378 e. The smallest absolute Gasteiger partial charge is 0.274 e. The SMILES string of the molecule is O=C(NO)c1ccc2c(c1)C[C@]1(CC2)CCN(CC(=O)N2CCOCC2)C1=O. The van der Waals surface area contributed by atoms with Crippen LogP contribution in [0.4, 0.5) is 0 Å². The number of morpholine rings is 1. The Morgan fingerprint density at radius 3 is 2.68 bits per heavy atom. The summed E-state index contributed by atoms with van der Waals surface area (Å²) in [6.45, 7) is 2.96. The lowest BCUT2D eigenvalue weighted by atomic mass is 9.70. The highest BCUT2D eigenvalue weighted by Gasteiger charge is 2.48. The topological polar surface area (TPSA) is 99.2 Å². The number of benzene rings is 1. The number of nitrogens with one attached hydrogen (secondary N) is 1. The molecule has 150 valence electrons. The Hall–Kier alpha value is -2.45. The Balaban J connectivity index is 1.47. The molecule has 28 heavy (non-hydrogen) atoms. The Morgan fingerprint density at radius 1 is 1.14 bits per heavy atom. The van der Waals surface area contributed by atoms with E-state index in [0.29, 0.717) is 44.8 Å². The summed E-state index contributed by atoms with van der Waals surface area (Å²) in [5.41, 5.74) is 3.65. The molecule has 0 aromatic heterocycles. The molecule has 1 aliphatic carbocycles. The molecular weight excluding hydrogens is 362 g/mol. The number of hydrogen-bond donors (Lipinski definition) is 2. The fourth-order valence-electron chi connectivity index (χ4n) is 4.58. The van der Waals surface area contributed by atoms with Crippen LogP contribution in [0.25, 0.3) is 0 Å². The van der Waals surface area contributed by atoms with Gasteiger partial charge in [-0.05, 0) is 48.9 Å². The first-order valence-corrected chi connectivity index (χ1v) is 9.73. The van der Waals surface area contributed by atoms with Crippen LogP contribution in [0.2, 0.25) is 0 Å². The van der Waals surface area contributed by atoms with Crippen molar-refractivity contribution in [3.8, 4) is 0 Å². The van der Waals surface area contributed by atoms with E-state index in [9.17, 15) is 14.4 Å². The summed E-state index contributed by atoms with van der Waals surface area (Å²) in [6.07, 6.45) is 2.81. The Kier molecular flexibility index (Phi) is 5.07. The second-order valence-electron chi connectivity index (χ2n) is 7.85. The van der Waals surface area contributed by atoms with E-state index < -0.39 is 11.3 Å². The number of likely N-dealkylation sites (tertiary alicyclic amines) is 1. The number of nitrogens with zero attached hydrogens (tertiary/aromatic N) is 2. The van der Waals surface area contributed by atoms with Crippen molar-refractivity contribution in [3.05, 3.63) is 34.9 Å². The minimum Gasteiger partial charge on any atom is -0.378 e. The van der Waals surface area contributed by atoms with Gasteiger partial charge in [-0.25, -0.2) is 5.48 Å². The molecule has 2 saturated heterocycles. The van der Waals surface area contributed by atoms with Crippen LogP contribution in [-0.4, -0.2) is 72.1 Å². The summed E-state index contributed by atoms with van der Waals surface area (Å²) in [7, 11) is 0. The van der Waals surface area contributed by atoms with Crippen LogP contribution in [0, 0.1) is 5.41 Å². The lowest BCUT2D eigenvalue weighted by Crippen LogP contribution is -2.47. The molecule has 2 N–H and O–H groups in total. The first-order chi connectivity index (χ1) is 13.5. The van der Waals surface area contributed by atoms with Crippen LogP contribution in [0.1, 0.15) is 34.3 Å². The molecule has 3 amide bonds. The number of carbonyl (C=O) groups is 3. The molecular formula is C20H25N3O5. The van der Waals surface area contributed by atoms with Crippen LogP contribution >= 0.6 is 0 Å². The molecule has 8 nitrogen and oxygen atoms in total. The van der Waals surface area contributed by atoms with Gasteiger partial charge < -0.3 is 14.5 Å². The van der Waals surface area contributed by atoms with E-state index in [4.69, 9.17) is 9.94 Å². The highest BCUT2D eigenvalue weighted by Crippen LogP contribution is 2.43. The van der Waals surface area contributed by atoms with E-state index in [0.717, 1.165) is 30.4 Å². The molecule has 2 heterocycles. The molecule has 0 radical (unpaired) electrons. The number of amides is 3. The fourth-order valence-corrected chi connectivity index (χ4v) is 4.58. The van der Waals surface area contributed by atoms with Gasteiger partial charge in [-0.1, -0.05) is 6.07 Å². The molecule has 0 unspecified atom stereocenters. The van der Waals surface area contributed by atoms with Gasteiger partial charge >= 0.3 is 0 Å². The van der Waals surface area contributed by atoms with Crippen molar-refractivity contribution in [3.63, 3.8) is 0 Å². The van der Waals surface area contributed by atoms with Crippen molar-refractivity contribution in [2.45, 2.75) is 25.7 Å². The zero-order chi connectivity index (χ0) is 19.7. The van der Waals surface area contributed by atoms with Crippen molar-refractivity contribution >= 4 is 17.7 Å². The number of fused-ring (bicyclic) bond motifs is 1. The quantitative estimate of drug-likeness (QED) is 0.577. The molecule has 1 aromatic rings. The van der Waals surface area contributed by atoms with Gasteiger partial charge in [-0.2, -0.15) is 0 Å². The Labute approximate surface area is 163 Å². The van der Waals surface area contributed by atoms with Gasteiger partial charge in [0.2, 0.25) is 11.8 Å². The summed E-state index contributed by atoms with van der Waals surface area (Å²) in [6, 6.07) is 5.34. The molecule has 1 atom stereocenters. The molecule has 2 fully saturated rings. The van der Waals surface area contributed by atoms with Crippen molar-refractivity contribution in [2.24, 2.45) is 5.41 Å². The molecule has 3 aliphatic rings. The van der Waals surface area contributed by atoms with Gasteiger partial charge in [-0.3, -0.25) is 19.6 Å². The average Bonchev–Trinajstić information content (AvgIpc) is 3.02. The summed E-state index contributed by atoms with van der Waals surface area (Å²) < 4.78 is 5.28. The van der Waals surface area contributed by atoms with Crippen LogP contribution in [0.15, 0.2) is 18.2 Å². The third kappa shape index (κ3) is 3.38. The predicted octanol–water partition coefficient (Wildman–Crippen LogP) is 0.372. The van der Waals surface area contributed by atoms with Crippen molar-refractivity contribution in [1.29, 1.82) is 0 Å². The number of carbonyl (C=O) groups excluding carboxylic acids is 3. The van der Waals surface area contributed by atoms with E-state index in [1.54, 1.807) is 27.4 Å². The van der Waals surface area contributed by atoms with Gasteiger partial charge in [0, 0.05) is 25.2 Å². The lowest BCUT2D eigenvalue weighted by molar-refractivity contribution is -0.144. The third-order valence-corrected chi connectivity index (χ3v) is 6.26. The molecule has 0 saturated carbocycles. The lowest BCUT2D eigenvalue weighted by Gasteiger charge is -2.34. The maximum atomic E-state index is 13.2. The summed E-state index contributed by atoms with van der Waals surface area (Å²) in [5, 5.41) is 8.86. The standard InChI is InChI=1S/C20H25N3O5/c24-17(22-7-9-28-10-8-22)13-23-6-5-20(19(23)26)4-3-14-1-2-15(18(25)21-27)11-16(14)12-20/h1-2,11,27H,3-10,12-13H2,(H,21,25)/t20-/m0/s1. The first-order valence-electron chi connectivity index (χ1n) is 9.73. The van der Waals surface area contributed by atoms with E-state index in [2.05, 4.69) is 0 Å². The van der Waals surface area contributed by atoms with E-state index in [1.807, 2.05) is 6.07 Å². The van der Waals surface area contributed by atoms with Crippen LogP contribution in [0.5, 0.6) is 0 Å². The van der Waals surface area contributed by atoms with Crippen LogP contribution in [-0.2, 0) is 27.2 Å². The normalized spacial score (nSPS) is 24.4. The maximum absolute atomic E-state index is 13.2. The van der Waals surface area contributed by atoms with Gasteiger partial charge in [0.25, 0.3) is 5.91 Å². The van der Waals surface area contributed by atoms with Gasteiger partial charge in [0.1, 0.15) is 0 Å². The number of rotatable bonds is 3. The van der Waals surface area contributed by atoms with Crippen molar-refractivity contribution in [2.75, 3.05) is 39.4 Å². The molecule has 8 heteroatoms. The molecule has 2 aliphatic heterocycles. The zero-order valence-corrected chi connectivity index (χ0v) is 15.8. The number of ether oxygens (including phenoxy) is 1. The minimum absolute atomic E-state index is 0.0215. The average molecular weight is 387 g/mol. The summed E-state index contributed by atoms with van der Waals surface area (Å²) >= 11 is 0. The highest BCUT2D eigenvalue weighted by atomic mass is 16.5. The monoisotopic (exact) mass is 387 g/mol. The van der Waals surface area contributed by atoms with E-state index >= 15 is 0 Å². The molecule has 0 bridgehead atoms. The first kappa shape index (κ1) is 18.9. The van der Waals surface area contributed by atoms with Crippen molar-refractivity contribution < 1.29 is 24.3 Å². The molecule has 1 spiro atoms. The Morgan fingerprint density at radius 2 is 1.93 bits per heavy atom. The highest BCUT2D eigenvalue weighted by molar-refractivity contribution is 5.94. The molecule has 1 aromatic carbocycles. The maximum Gasteiger partial charge on any atom is 0.274 e. The van der Waals surface area contributed by atoms with E-state index in [1.165, 1.54) is 0 Å². The van der Waals surface area contributed by atoms with Gasteiger partial charge in [0.05, 0.1) is 25.2 Å². The van der Waals surface area contributed by atoms with Crippen LogP contribution < -0.4 is 5.48 Å². The predicted molar refractivity (Wildman–Crippen MR) is 98.7 cm³/mol. The zero-order valence-electron chi connectivity index (χ0n) is 15.8. The third-order valence-electron chi connectivity index (χ3n) is 6.26. The molecule has 4 rings (SSSR count). The number of hydroxylamine groups is 1.